The number of carbonyl (C=O) groups excluding carboxylic acids is 1. The van der Waals surface area contributed by atoms with E-state index in [-0.39, 0.29) is 6.04 Å². The van der Waals surface area contributed by atoms with E-state index < -0.39 is 0 Å². The van der Waals surface area contributed by atoms with Gasteiger partial charge in [0.25, 0.3) is 6.47 Å². The summed E-state index contributed by atoms with van der Waals surface area (Å²) in [7, 11) is 0. The van der Waals surface area contributed by atoms with E-state index in [1.807, 2.05) is 12.3 Å². The van der Waals surface area contributed by atoms with Gasteiger partial charge in [-0.2, -0.15) is 0 Å². The number of likely N-dealkylation sites (tertiary alicyclic amines) is 1. The molecule has 0 N–H and O–H groups in total. The van der Waals surface area contributed by atoms with Crippen LogP contribution in [0.4, 0.5) is 0 Å². The number of benzene rings is 1. The SMILES string of the molecule is CCC1CCN(C2c3ncc(Br)cc3CCc3cc(Cl)cc(Br)c32)CC1.CCOC=O. The Hall–Kier alpha value is -0.950. The zero-order valence-electron chi connectivity index (χ0n) is 18.0. The summed E-state index contributed by atoms with van der Waals surface area (Å²) in [6.45, 7) is 7.25. The van der Waals surface area contributed by atoms with E-state index in [1.54, 1.807) is 6.92 Å². The number of pyridine rings is 1. The fourth-order valence-electron chi connectivity index (χ4n) is 4.54. The molecule has 31 heavy (non-hydrogen) atoms. The number of aryl methyl sites for hydroxylation is 2. The molecule has 1 aromatic carbocycles. The van der Waals surface area contributed by atoms with Crippen molar-refractivity contribution in [2.24, 2.45) is 5.92 Å². The maximum Gasteiger partial charge on any atom is 0.293 e. The van der Waals surface area contributed by atoms with Crippen molar-refractivity contribution >= 4 is 49.9 Å². The maximum atomic E-state index is 9.18. The molecule has 0 saturated carbocycles. The van der Waals surface area contributed by atoms with E-state index in [1.165, 1.54) is 41.6 Å². The Morgan fingerprint density at radius 1 is 1.16 bits per heavy atom. The third kappa shape index (κ3) is 6.10. The summed E-state index contributed by atoms with van der Waals surface area (Å²) < 4.78 is 6.32. The van der Waals surface area contributed by atoms with E-state index in [0.717, 1.165) is 45.8 Å². The molecule has 1 unspecified atom stereocenters. The average molecular weight is 573 g/mol. The molecule has 2 aliphatic rings. The predicted octanol–water partition coefficient (Wildman–Crippen LogP) is 6.75. The van der Waals surface area contributed by atoms with Crippen molar-refractivity contribution < 1.29 is 9.53 Å². The summed E-state index contributed by atoms with van der Waals surface area (Å²) in [5.41, 5.74) is 5.27. The zero-order chi connectivity index (χ0) is 22.4. The molecular weight excluding hydrogens is 544 g/mol. The van der Waals surface area contributed by atoms with Gasteiger partial charge in [-0.15, -0.1) is 0 Å². The van der Waals surface area contributed by atoms with Gasteiger partial charge in [0.2, 0.25) is 0 Å². The third-order valence-corrected chi connectivity index (χ3v) is 7.48. The highest BCUT2D eigenvalue weighted by Gasteiger charge is 2.34. The standard InChI is InChI=1S/C21H23Br2ClN2.C3H6O2/c1-2-13-5-7-26(8-6-13)21-19-14(10-17(24)11-18(19)23)3-4-15-9-16(22)12-25-20(15)21;1-2-5-3-4/h9-13,21H,2-8H2,1H3;3H,2H2,1H3. The number of fused-ring (bicyclic) bond motifs is 2. The molecule has 0 spiro atoms. The number of halogens is 3. The molecule has 1 aromatic heterocycles. The first-order valence-corrected chi connectivity index (χ1v) is 12.9. The maximum absolute atomic E-state index is 9.18. The van der Waals surface area contributed by atoms with Crippen LogP contribution in [0.15, 0.2) is 33.3 Å². The lowest BCUT2D eigenvalue weighted by Gasteiger charge is -2.38. The quantitative estimate of drug-likeness (QED) is 0.380. The van der Waals surface area contributed by atoms with Gasteiger partial charge < -0.3 is 4.74 Å². The Labute approximate surface area is 207 Å². The molecule has 168 valence electrons. The first-order valence-electron chi connectivity index (χ1n) is 10.9. The van der Waals surface area contributed by atoms with Crippen LogP contribution in [-0.4, -0.2) is 36.1 Å². The average Bonchev–Trinajstić information content (AvgIpc) is 2.92. The second-order valence-corrected chi connectivity index (χ2v) is 10.2. The van der Waals surface area contributed by atoms with Crippen molar-refractivity contribution in [3.05, 3.63) is 60.7 Å². The van der Waals surface area contributed by atoms with E-state index in [0.29, 0.717) is 13.1 Å². The van der Waals surface area contributed by atoms with E-state index >= 15 is 0 Å². The van der Waals surface area contributed by atoms with Gasteiger partial charge in [-0.25, -0.2) is 0 Å². The fraction of sp³-hybridized carbons (Fsp3) is 0.500. The highest BCUT2D eigenvalue weighted by atomic mass is 79.9. The van der Waals surface area contributed by atoms with Crippen LogP contribution in [-0.2, 0) is 22.4 Å². The van der Waals surface area contributed by atoms with Crippen LogP contribution in [0.25, 0.3) is 0 Å². The van der Waals surface area contributed by atoms with E-state index in [9.17, 15) is 4.79 Å². The second-order valence-electron chi connectivity index (χ2n) is 8.00. The highest BCUT2D eigenvalue weighted by molar-refractivity contribution is 9.10. The minimum Gasteiger partial charge on any atom is -0.468 e. The lowest BCUT2D eigenvalue weighted by molar-refractivity contribution is -0.128. The minimum absolute atomic E-state index is 0.208. The summed E-state index contributed by atoms with van der Waals surface area (Å²) in [4.78, 5) is 16.7. The topological polar surface area (TPSA) is 42.4 Å². The van der Waals surface area contributed by atoms with Crippen LogP contribution >= 0.6 is 43.5 Å². The molecule has 1 aliphatic carbocycles. The number of rotatable bonds is 4. The predicted molar refractivity (Wildman–Crippen MR) is 133 cm³/mol. The second kappa shape index (κ2) is 11.8. The van der Waals surface area contributed by atoms with Crippen molar-refractivity contribution in [3.8, 4) is 0 Å². The van der Waals surface area contributed by atoms with Crippen molar-refractivity contribution in [2.75, 3.05) is 19.7 Å². The van der Waals surface area contributed by atoms with Crippen molar-refractivity contribution in [3.63, 3.8) is 0 Å². The van der Waals surface area contributed by atoms with Gasteiger partial charge in [-0.3, -0.25) is 14.7 Å². The molecule has 2 heterocycles. The molecule has 4 nitrogen and oxygen atoms in total. The van der Waals surface area contributed by atoms with Gasteiger partial charge in [-0.05, 0) is 102 Å². The summed E-state index contributed by atoms with van der Waals surface area (Å²) in [5, 5.41) is 0.805. The van der Waals surface area contributed by atoms with Crippen LogP contribution in [0.1, 0.15) is 61.5 Å². The van der Waals surface area contributed by atoms with Gasteiger partial charge in [0.15, 0.2) is 0 Å². The van der Waals surface area contributed by atoms with Crippen LogP contribution in [0.5, 0.6) is 0 Å². The Balaban J connectivity index is 0.000000491. The highest BCUT2D eigenvalue weighted by Crippen LogP contribution is 2.42. The van der Waals surface area contributed by atoms with Crippen LogP contribution in [0.3, 0.4) is 0 Å². The van der Waals surface area contributed by atoms with Crippen molar-refractivity contribution in [1.82, 2.24) is 9.88 Å². The Morgan fingerprint density at radius 3 is 2.48 bits per heavy atom. The number of carbonyl (C=O) groups is 1. The number of piperidine rings is 1. The molecule has 2 aromatic rings. The molecule has 1 atom stereocenters. The molecule has 7 heteroatoms. The Morgan fingerprint density at radius 2 is 1.87 bits per heavy atom. The van der Waals surface area contributed by atoms with Gasteiger partial charge in [0.1, 0.15) is 0 Å². The zero-order valence-corrected chi connectivity index (χ0v) is 22.0. The van der Waals surface area contributed by atoms with Gasteiger partial charge >= 0.3 is 0 Å². The van der Waals surface area contributed by atoms with E-state index in [2.05, 4.69) is 60.6 Å². The molecular formula is C24H29Br2ClN2O2. The van der Waals surface area contributed by atoms with Crippen LogP contribution in [0, 0.1) is 5.92 Å². The summed E-state index contributed by atoms with van der Waals surface area (Å²) in [5.74, 6) is 0.863. The summed E-state index contributed by atoms with van der Waals surface area (Å²) in [6, 6.07) is 6.64. The van der Waals surface area contributed by atoms with Gasteiger partial charge in [-0.1, -0.05) is 40.9 Å². The minimum atomic E-state index is 0.208. The molecule has 0 amide bonds. The van der Waals surface area contributed by atoms with Crippen molar-refractivity contribution in [1.29, 1.82) is 0 Å². The van der Waals surface area contributed by atoms with Crippen molar-refractivity contribution in [2.45, 2.75) is 52.0 Å². The smallest absolute Gasteiger partial charge is 0.293 e. The molecule has 1 fully saturated rings. The molecule has 0 radical (unpaired) electrons. The first kappa shape index (κ1) is 24.7. The molecule has 1 saturated heterocycles. The number of hydrogen-bond donors (Lipinski definition) is 0. The number of ether oxygens (including phenoxy) is 1. The molecule has 1 aliphatic heterocycles. The summed E-state index contributed by atoms with van der Waals surface area (Å²) in [6.07, 6.45) is 7.79. The fourth-order valence-corrected chi connectivity index (χ4v) is 6.01. The van der Waals surface area contributed by atoms with Crippen LogP contribution in [0.2, 0.25) is 5.02 Å². The normalized spacial score (nSPS) is 18.8. The number of nitrogens with zero attached hydrogens (tertiary/aromatic N) is 2. The van der Waals surface area contributed by atoms with E-state index in [4.69, 9.17) is 16.6 Å². The summed E-state index contributed by atoms with van der Waals surface area (Å²) >= 11 is 13.8. The monoisotopic (exact) mass is 570 g/mol. The third-order valence-electron chi connectivity index (χ3n) is 6.17. The Kier molecular flexibility index (Phi) is 9.38. The number of hydrogen-bond acceptors (Lipinski definition) is 4. The number of aromatic nitrogens is 1. The largest absolute Gasteiger partial charge is 0.468 e. The lowest BCUT2D eigenvalue weighted by atomic mass is 9.90. The lowest BCUT2D eigenvalue weighted by Crippen LogP contribution is -2.38. The molecule has 4 rings (SSSR count). The first-order chi connectivity index (χ1) is 15.0. The van der Waals surface area contributed by atoms with Gasteiger partial charge in [0.05, 0.1) is 18.3 Å². The Bertz CT molecular complexity index is 901. The van der Waals surface area contributed by atoms with Gasteiger partial charge in [0, 0.05) is 20.2 Å². The molecule has 0 bridgehead atoms. The van der Waals surface area contributed by atoms with Crippen LogP contribution < -0.4 is 0 Å².